The monoisotopic (exact) mass is 348 g/mol. The fourth-order valence-electron chi connectivity index (χ4n) is 2.03. The lowest BCUT2D eigenvalue weighted by molar-refractivity contribution is 0.0285. The van der Waals surface area contributed by atoms with E-state index in [1.54, 1.807) is 11.9 Å². The molecule has 0 aliphatic heterocycles. The van der Waals surface area contributed by atoms with Gasteiger partial charge in [0.15, 0.2) is 5.96 Å². The van der Waals surface area contributed by atoms with E-state index in [4.69, 9.17) is 10.5 Å². The summed E-state index contributed by atoms with van der Waals surface area (Å²) in [5, 5.41) is 3.13. The first kappa shape index (κ1) is 20.8. The Morgan fingerprint density at radius 2 is 1.64 bits per heavy atom. The van der Waals surface area contributed by atoms with Crippen molar-refractivity contribution in [2.75, 3.05) is 7.05 Å². The number of carbonyl (C=O) groups is 1. The van der Waals surface area contributed by atoms with E-state index in [1.165, 1.54) is 0 Å². The van der Waals surface area contributed by atoms with E-state index in [0.29, 0.717) is 19.0 Å². The molecule has 0 atom stereocenters. The van der Waals surface area contributed by atoms with Gasteiger partial charge in [-0.3, -0.25) is 0 Å². The summed E-state index contributed by atoms with van der Waals surface area (Å²) in [6.45, 7) is 12.7. The minimum atomic E-state index is -0.492. The van der Waals surface area contributed by atoms with Gasteiger partial charge in [0.25, 0.3) is 0 Å². The minimum absolute atomic E-state index is 0.107. The van der Waals surface area contributed by atoms with E-state index in [2.05, 4.69) is 10.3 Å². The normalized spacial score (nSPS) is 12.7. The number of amides is 1. The number of nitrogens with zero attached hydrogens (tertiary/aromatic N) is 2. The van der Waals surface area contributed by atoms with Crippen LogP contribution in [0.5, 0.6) is 0 Å². The number of nitrogens with one attached hydrogen (secondary N) is 1. The van der Waals surface area contributed by atoms with E-state index in [9.17, 15) is 4.79 Å². The predicted molar refractivity (Wildman–Crippen MR) is 102 cm³/mol. The van der Waals surface area contributed by atoms with Gasteiger partial charge in [0, 0.05) is 19.1 Å². The molecule has 1 amide bonds. The minimum Gasteiger partial charge on any atom is -0.444 e. The summed E-state index contributed by atoms with van der Waals surface area (Å²) in [7, 11) is 1.73. The molecule has 0 aliphatic carbocycles. The number of rotatable bonds is 4. The molecule has 0 aliphatic rings. The van der Waals surface area contributed by atoms with Crippen molar-refractivity contribution in [2.24, 2.45) is 10.7 Å². The fourth-order valence-corrected chi connectivity index (χ4v) is 2.03. The fraction of sp³-hybridized carbons (Fsp3) is 0.579. The summed E-state index contributed by atoms with van der Waals surface area (Å²) >= 11 is 0. The lowest BCUT2D eigenvalue weighted by atomic mass is 10.1. The third kappa shape index (κ3) is 8.98. The molecule has 3 N–H and O–H groups in total. The van der Waals surface area contributed by atoms with Crippen LogP contribution in [0, 0.1) is 0 Å². The molecule has 0 radical (unpaired) electrons. The Morgan fingerprint density at radius 3 is 2.12 bits per heavy atom. The third-order valence-corrected chi connectivity index (χ3v) is 3.08. The molecule has 0 saturated carbocycles. The van der Waals surface area contributed by atoms with E-state index >= 15 is 0 Å². The lowest BCUT2D eigenvalue weighted by Crippen LogP contribution is -2.44. The Balaban J connectivity index is 2.59. The van der Waals surface area contributed by atoms with E-state index < -0.39 is 5.60 Å². The first-order valence-electron chi connectivity index (χ1n) is 8.46. The molecular weight excluding hydrogens is 316 g/mol. The Hall–Kier alpha value is -2.24. The summed E-state index contributed by atoms with van der Waals surface area (Å²) < 4.78 is 5.35. The molecule has 0 unspecified atom stereocenters. The van der Waals surface area contributed by atoms with Crippen molar-refractivity contribution >= 4 is 12.1 Å². The number of carbonyl (C=O) groups excluding carboxylic acids is 1. The van der Waals surface area contributed by atoms with Crippen molar-refractivity contribution in [1.82, 2.24) is 10.2 Å². The van der Waals surface area contributed by atoms with E-state index in [0.717, 1.165) is 11.1 Å². The molecular formula is C19H32N4O2. The van der Waals surface area contributed by atoms with Crippen molar-refractivity contribution in [3.8, 4) is 0 Å². The van der Waals surface area contributed by atoms with Crippen molar-refractivity contribution < 1.29 is 9.53 Å². The maximum atomic E-state index is 12.0. The summed E-state index contributed by atoms with van der Waals surface area (Å²) in [5.74, 6) is 0.432. The Kier molecular flexibility index (Phi) is 6.85. The number of hydrogen-bond acceptors (Lipinski definition) is 3. The van der Waals surface area contributed by atoms with Gasteiger partial charge in [-0.1, -0.05) is 24.3 Å². The molecule has 1 aromatic carbocycles. The highest BCUT2D eigenvalue weighted by atomic mass is 16.6. The number of ether oxygens (including phenoxy) is 1. The second kappa shape index (κ2) is 8.23. The molecule has 0 heterocycles. The van der Waals surface area contributed by atoms with Crippen molar-refractivity contribution in [1.29, 1.82) is 0 Å². The molecule has 1 aromatic rings. The van der Waals surface area contributed by atoms with Gasteiger partial charge in [-0.25, -0.2) is 9.79 Å². The second-order valence-corrected chi connectivity index (χ2v) is 8.23. The largest absolute Gasteiger partial charge is 0.444 e. The van der Waals surface area contributed by atoms with Crippen LogP contribution in [0.1, 0.15) is 52.7 Å². The quantitative estimate of drug-likeness (QED) is 0.646. The van der Waals surface area contributed by atoms with Gasteiger partial charge in [0.05, 0.1) is 6.54 Å². The molecule has 6 nitrogen and oxygen atoms in total. The zero-order chi connectivity index (χ0) is 19.3. The maximum Gasteiger partial charge on any atom is 0.410 e. The number of hydrogen-bond donors (Lipinski definition) is 2. The molecule has 0 spiro atoms. The van der Waals surface area contributed by atoms with Gasteiger partial charge in [0.1, 0.15) is 5.60 Å². The molecule has 0 fully saturated rings. The second-order valence-electron chi connectivity index (χ2n) is 8.23. The number of guanidine groups is 1. The van der Waals surface area contributed by atoms with Crippen molar-refractivity contribution in [3.05, 3.63) is 35.4 Å². The summed E-state index contributed by atoms with van der Waals surface area (Å²) in [6.07, 6.45) is -0.331. The molecule has 140 valence electrons. The number of nitrogens with two attached hydrogens (primary N) is 1. The zero-order valence-electron chi connectivity index (χ0n) is 16.5. The van der Waals surface area contributed by atoms with Crippen LogP contribution in [0.25, 0.3) is 0 Å². The molecule has 0 aromatic heterocycles. The Labute approximate surface area is 151 Å². The number of aliphatic imine (C=N–C) groups is 1. The lowest BCUT2D eigenvalue weighted by Gasteiger charge is -2.24. The maximum absolute atomic E-state index is 12.0. The van der Waals surface area contributed by atoms with Crippen molar-refractivity contribution in [2.45, 2.75) is 65.8 Å². The Bertz CT molecular complexity index is 595. The highest BCUT2D eigenvalue weighted by Crippen LogP contribution is 2.12. The highest BCUT2D eigenvalue weighted by Gasteiger charge is 2.19. The average Bonchev–Trinajstić information content (AvgIpc) is 2.43. The van der Waals surface area contributed by atoms with E-state index in [-0.39, 0.29) is 11.6 Å². The van der Waals surface area contributed by atoms with Crippen LogP contribution in [0.3, 0.4) is 0 Å². The van der Waals surface area contributed by atoms with Gasteiger partial charge in [0.2, 0.25) is 0 Å². The van der Waals surface area contributed by atoms with Crippen LogP contribution in [0.2, 0.25) is 0 Å². The standard InChI is InChI=1S/C19H32N4O2/c1-18(2,3)22-16(20)21-12-14-8-10-15(11-9-14)13-23(7)17(24)25-19(4,5)6/h8-11H,12-13H2,1-7H3,(H3,20,21,22). The molecule has 0 saturated heterocycles. The average molecular weight is 348 g/mol. The van der Waals surface area contributed by atoms with Crippen LogP contribution in [-0.2, 0) is 17.8 Å². The van der Waals surface area contributed by atoms with Crippen LogP contribution >= 0.6 is 0 Å². The van der Waals surface area contributed by atoms with Gasteiger partial charge in [-0.2, -0.15) is 0 Å². The van der Waals surface area contributed by atoms with Gasteiger partial charge in [-0.05, 0) is 52.7 Å². The summed E-state index contributed by atoms with van der Waals surface area (Å²) in [6, 6.07) is 7.95. The summed E-state index contributed by atoms with van der Waals surface area (Å²) in [5.41, 5.74) is 7.36. The third-order valence-electron chi connectivity index (χ3n) is 3.08. The van der Waals surface area contributed by atoms with Crippen LogP contribution < -0.4 is 11.1 Å². The first-order chi connectivity index (χ1) is 11.4. The zero-order valence-corrected chi connectivity index (χ0v) is 16.5. The Morgan fingerprint density at radius 1 is 1.12 bits per heavy atom. The summed E-state index contributed by atoms with van der Waals surface area (Å²) in [4.78, 5) is 17.9. The topological polar surface area (TPSA) is 80.0 Å². The molecule has 25 heavy (non-hydrogen) atoms. The van der Waals surface area contributed by atoms with Crippen LogP contribution in [0.15, 0.2) is 29.3 Å². The van der Waals surface area contributed by atoms with Crippen molar-refractivity contribution in [3.63, 3.8) is 0 Å². The highest BCUT2D eigenvalue weighted by molar-refractivity contribution is 5.78. The SMILES string of the molecule is CN(Cc1ccc(CN=C(N)NC(C)(C)C)cc1)C(=O)OC(C)(C)C. The van der Waals surface area contributed by atoms with Gasteiger partial charge < -0.3 is 20.7 Å². The van der Waals surface area contributed by atoms with Gasteiger partial charge in [-0.15, -0.1) is 0 Å². The molecule has 0 bridgehead atoms. The first-order valence-corrected chi connectivity index (χ1v) is 8.46. The van der Waals surface area contributed by atoms with Crippen LogP contribution in [-0.4, -0.2) is 35.1 Å². The van der Waals surface area contributed by atoms with E-state index in [1.807, 2.05) is 65.8 Å². The molecule has 6 heteroatoms. The van der Waals surface area contributed by atoms with Gasteiger partial charge >= 0.3 is 6.09 Å². The smallest absolute Gasteiger partial charge is 0.410 e. The predicted octanol–water partition coefficient (Wildman–Crippen LogP) is 3.26. The van der Waals surface area contributed by atoms with Crippen LogP contribution in [0.4, 0.5) is 4.79 Å². The molecule has 1 rings (SSSR count). The number of benzene rings is 1.